The van der Waals surface area contributed by atoms with Gasteiger partial charge in [0, 0.05) is 63.9 Å². The highest BCUT2D eigenvalue weighted by atomic mass is 16.5. The maximum atomic E-state index is 5.78. The Kier molecular flexibility index (Phi) is 9.29. The number of fused-ring (bicyclic) bond motifs is 1. The van der Waals surface area contributed by atoms with Gasteiger partial charge < -0.3 is 34.1 Å². The van der Waals surface area contributed by atoms with Crippen LogP contribution < -0.4 is 20.1 Å². The number of ether oxygens (including phenoxy) is 4. The topological polar surface area (TPSA) is 91.2 Å². The number of imidazole rings is 1. The van der Waals surface area contributed by atoms with Crippen LogP contribution in [0.4, 0.5) is 5.69 Å². The summed E-state index contributed by atoms with van der Waals surface area (Å²) in [4.78, 5) is 8.74. The van der Waals surface area contributed by atoms with E-state index in [9.17, 15) is 0 Å². The fourth-order valence-electron chi connectivity index (χ4n) is 2.84. The van der Waals surface area contributed by atoms with Crippen molar-refractivity contribution in [3.8, 4) is 11.5 Å². The number of benzene rings is 1. The lowest BCUT2D eigenvalue weighted by molar-refractivity contribution is 0.0702. The Morgan fingerprint density at radius 2 is 2.10 bits per heavy atom. The Hall–Kier alpha value is -2.78. The molecule has 0 unspecified atom stereocenters. The van der Waals surface area contributed by atoms with Crippen molar-refractivity contribution in [1.29, 1.82) is 0 Å². The summed E-state index contributed by atoms with van der Waals surface area (Å²) >= 11 is 0. The van der Waals surface area contributed by atoms with Gasteiger partial charge in [0.05, 0.1) is 32.8 Å². The summed E-state index contributed by atoms with van der Waals surface area (Å²) in [5.41, 5.74) is 0.893. The molecular formula is C21H31N5O4. The maximum absolute atomic E-state index is 5.78. The molecule has 0 amide bonds. The fraction of sp³-hybridized carbons (Fsp3) is 0.524. The molecule has 2 N–H and O–H groups in total. The molecule has 0 saturated heterocycles. The van der Waals surface area contributed by atoms with Crippen LogP contribution in [0.15, 0.2) is 41.9 Å². The number of aliphatic imine (C=N–C) groups is 1. The number of nitrogens with one attached hydrogen (secondary N) is 2. The molecule has 1 aromatic carbocycles. The van der Waals surface area contributed by atoms with Crippen molar-refractivity contribution >= 4 is 11.6 Å². The van der Waals surface area contributed by atoms with Crippen molar-refractivity contribution in [2.75, 3.05) is 58.6 Å². The van der Waals surface area contributed by atoms with Crippen molar-refractivity contribution in [2.45, 2.75) is 19.4 Å². The molecule has 3 rings (SSSR count). The zero-order valence-electron chi connectivity index (χ0n) is 17.5. The largest absolute Gasteiger partial charge is 0.490 e. The van der Waals surface area contributed by atoms with Crippen LogP contribution >= 0.6 is 0 Å². The number of nitrogens with zero attached hydrogens (tertiary/aromatic N) is 3. The summed E-state index contributed by atoms with van der Waals surface area (Å²) in [5, 5.41) is 6.73. The first-order chi connectivity index (χ1) is 14.8. The van der Waals surface area contributed by atoms with E-state index in [2.05, 4.69) is 20.6 Å². The van der Waals surface area contributed by atoms with E-state index in [1.807, 2.05) is 29.0 Å². The Labute approximate surface area is 177 Å². The predicted octanol–water partition coefficient (Wildman–Crippen LogP) is 2.16. The Bertz CT molecular complexity index is 767. The van der Waals surface area contributed by atoms with Crippen molar-refractivity contribution in [3.63, 3.8) is 0 Å². The standard InChI is InChI=1S/C21H31N5O4/c1-27-14-15-28-11-2-6-23-21(24-8-10-26-9-7-22-17-26)25-18-4-5-19-20(16-18)30-13-3-12-29-19/h4-5,7,9,16-17H,2-3,6,8,10-15H2,1H3,(H2,23,24,25). The molecule has 0 aliphatic carbocycles. The Morgan fingerprint density at radius 3 is 2.93 bits per heavy atom. The molecule has 0 spiro atoms. The minimum atomic E-state index is 0.603. The lowest BCUT2D eigenvalue weighted by Gasteiger charge is -2.15. The molecule has 0 atom stereocenters. The van der Waals surface area contributed by atoms with E-state index in [1.54, 1.807) is 19.6 Å². The van der Waals surface area contributed by atoms with Gasteiger partial charge in [-0.2, -0.15) is 0 Å². The molecular weight excluding hydrogens is 386 g/mol. The normalized spacial score (nSPS) is 13.7. The number of aromatic nitrogens is 2. The van der Waals surface area contributed by atoms with Gasteiger partial charge in [-0.15, -0.1) is 0 Å². The van der Waals surface area contributed by atoms with Gasteiger partial charge in [-0.3, -0.25) is 4.99 Å². The van der Waals surface area contributed by atoms with Crippen molar-refractivity contribution < 1.29 is 18.9 Å². The zero-order valence-corrected chi connectivity index (χ0v) is 17.5. The minimum Gasteiger partial charge on any atom is -0.490 e. The van der Waals surface area contributed by atoms with Crippen LogP contribution in [0.5, 0.6) is 11.5 Å². The third-order valence-electron chi connectivity index (χ3n) is 4.38. The molecule has 0 radical (unpaired) electrons. The number of hydrogen-bond acceptors (Lipinski definition) is 6. The molecule has 1 aromatic heterocycles. The second kappa shape index (κ2) is 12.7. The molecule has 1 aliphatic heterocycles. The van der Waals surface area contributed by atoms with Gasteiger partial charge in [0.15, 0.2) is 17.5 Å². The quantitative estimate of drug-likeness (QED) is 0.329. The number of guanidine groups is 1. The molecule has 0 fully saturated rings. The Morgan fingerprint density at radius 1 is 1.20 bits per heavy atom. The van der Waals surface area contributed by atoms with Gasteiger partial charge in [-0.05, 0) is 18.6 Å². The molecule has 9 heteroatoms. The highest BCUT2D eigenvalue weighted by Gasteiger charge is 2.11. The smallest absolute Gasteiger partial charge is 0.195 e. The molecule has 9 nitrogen and oxygen atoms in total. The van der Waals surface area contributed by atoms with Crippen LogP contribution in [-0.4, -0.2) is 68.7 Å². The van der Waals surface area contributed by atoms with Crippen LogP contribution in [0.1, 0.15) is 12.8 Å². The summed E-state index contributed by atoms with van der Waals surface area (Å²) in [6.07, 6.45) is 7.22. The number of anilines is 1. The van der Waals surface area contributed by atoms with E-state index < -0.39 is 0 Å². The molecule has 1 aliphatic rings. The van der Waals surface area contributed by atoms with Gasteiger partial charge in [0.2, 0.25) is 0 Å². The first-order valence-electron chi connectivity index (χ1n) is 10.3. The van der Waals surface area contributed by atoms with Crippen molar-refractivity contribution in [1.82, 2.24) is 14.9 Å². The number of methoxy groups -OCH3 is 1. The van der Waals surface area contributed by atoms with E-state index in [-0.39, 0.29) is 0 Å². The van der Waals surface area contributed by atoms with E-state index in [1.165, 1.54) is 0 Å². The molecule has 0 saturated carbocycles. The van der Waals surface area contributed by atoms with Gasteiger partial charge >= 0.3 is 0 Å². The molecule has 2 heterocycles. The highest BCUT2D eigenvalue weighted by Crippen LogP contribution is 2.32. The van der Waals surface area contributed by atoms with Crippen LogP contribution in [0.3, 0.4) is 0 Å². The second-order valence-corrected chi connectivity index (χ2v) is 6.75. The van der Waals surface area contributed by atoms with E-state index in [0.717, 1.165) is 43.1 Å². The monoisotopic (exact) mass is 417 g/mol. The van der Waals surface area contributed by atoms with Crippen LogP contribution in [-0.2, 0) is 16.0 Å². The van der Waals surface area contributed by atoms with Crippen LogP contribution in [0.2, 0.25) is 0 Å². The average molecular weight is 418 g/mol. The van der Waals surface area contributed by atoms with Crippen molar-refractivity contribution in [2.24, 2.45) is 4.99 Å². The summed E-state index contributed by atoms with van der Waals surface area (Å²) in [5.74, 6) is 2.24. The molecule has 0 bridgehead atoms. The average Bonchev–Trinajstić information content (AvgIpc) is 3.16. The molecule has 2 aromatic rings. The van der Waals surface area contributed by atoms with Gasteiger partial charge in [-0.1, -0.05) is 0 Å². The first-order valence-corrected chi connectivity index (χ1v) is 10.3. The number of hydrogen-bond donors (Lipinski definition) is 2. The van der Waals surface area contributed by atoms with Gasteiger partial charge in [-0.25, -0.2) is 4.98 Å². The SMILES string of the molecule is COCCOCCCN=C(NCCn1ccnc1)Nc1ccc2c(c1)OCCCO2. The summed E-state index contributed by atoms with van der Waals surface area (Å²) in [7, 11) is 1.67. The number of rotatable bonds is 11. The predicted molar refractivity (Wildman–Crippen MR) is 116 cm³/mol. The van der Waals surface area contributed by atoms with E-state index in [0.29, 0.717) is 45.5 Å². The second-order valence-electron chi connectivity index (χ2n) is 6.75. The third-order valence-corrected chi connectivity index (χ3v) is 4.38. The van der Waals surface area contributed by atoms with Crippen LogP contribution in [0, 0.1) is 0 Å². The lowest BCUT2D eigenvalue weighted by Crippen LogP contribution is -2.33. The fourth-order valence-corrected chi connectivity index (χ4v) is 2.84. The molecule has 30 heavy (non-hydrogen) atoms. The highest BCUT2D eigenvalue weighted by molar-refractivity contribution is 5.93. The first kappa shape index (κ1) is 21.9. The zero-order chi connectivity index (χ0) is 20.9. The minimum absolute atomic E-state index is 0.603. The van der Waals surface area contributed by atoms with Gasteiger partial charge in [0.1, 0.15) is 0 Å². The Balaban J connectivity index is 1.55. The third kappa shape index (κ3) is 7.57. The lowest BCUT2D eigenvalue weighted by atomic mass is 10.2. The van der Waals surface area contributed by atoms with Crippen molar-refractivity contribution in [3.05, 3.63) is 36.9 Å². The maximum Gasteiger partial charge on any atom is 0.195 e. The van der Waals surface area contributed by atoms with E-state index in [4.69, 9.17) is 18.9 Å². The van der Waals surface area contributed by atoms with E-state index >= 15 is 0 Å². The molecule has 164 valence electrons. The van der Waals surface area contributed by atoms with Gasteiger partial charge in [0.25, 0.3) is 0 Å². The summed E-state index contributed by atoms with van der Waals surface area (Å²) in [6, 6.07) is 5.84. The van der Waals surface area contributed by atoms with Crippen LogP contribution in [0.25, 0.3) is 0 Å². The summed E-state index contributed by atoms with van der Waals surface area (Å²) in [6.45, 7) is 5.36. The summed E-state index contributed by atoms with van der Waals surface area (Å²) < 4.78 is 24.0.